The SMILES string of the molecule is CC/C=C\C/C=C\C/C=C\C/C=C\CCCCCCC(=O)OC(COC(=O)CCCCCCCCCCC/C=C\C/C=C\CCCCC)COP(=O)(O)OCC(CO)OC(=O)CCCCCCCCC/C=C\C/C=C\C/C=C\CC. The molecular formula is C68H115O11P. The molecule has 11 nitrogen and oxygen atoms in total. The molecule has 0 heterocycles. The van der Waals surface area contributed by atoms with E-state index >= 15 is 0 Å². The summed E-state index contributed by atoms with van der Waals surface area (Å²) in [4.78, 5) is 48.8. The molecule has 0 radical (unpaired) electrons. The number of phosphoric ester groups is 1. The normalized spacial score (nSPS) is 14.0. The zero-order valence-corrected chi connectivity index (χ0v) is 51.7. The third-order valence-electron chi connectivity index (χ3n) is 13.2. The van der Waals surface area contributed by atoms with Crippen LogP contribution in [0.4, 0.5) is 0 Å². The lowest BCUT2D eigenvalue weighted by molar-refractivity contribution is -0.161. The van der Waals surface area contributed by atoms with Crippen LogP contribution in [-0.2, 0) is 42.2 Å². The van der Waals surface area contributed by atoms with Crippen LogP contribution in [0, 0.1) is 0 Å². The second-order valence-electron chi connectivity index (χ2n) is 20.8. The Morgan fingerprint density at radius 2 is 0.650 bits per heavy atom. The number of ether oxygens (including phenoxy) is 3. The number of esters is 3. The Hall–Kier alpha value is -3.86. The minimum atomic E-state index is -4.77. The molecule has 0 aliphatic carbocycles. The first kappa shape index (κ1) is 76.1. The standard InChI is InChI=1S/C68H115O11P/c1-4-7-10-13-16-19-22-25-28-31-32-35-36-39-42-45-48-51-54-57-66(70)75-61-65(79-68(72)59-56-53-50-47-44-41-38-34-30-27-24-21-18-15-12-9-6-3)63-77-80(73,74)76-62-64(60-69)78-67(71)58-55-52-49-46-43-40-37-33-29-26-23-20-17-14-11-8-5-2/h8-9,11-12,16-21,25-30,38,41,64-65,69H,4-7,10,13-15,22-24,31-37,39-40,42-63H2,1-3H3,(H,73,74)/b11-8-,12-9-,19-16-,20-17-,21-18-,28-25-,29-26-,30-27-,41-38-. The molecule has 0 spiro atoms. The highest BCUT2D eigenvalue weighted by Crippen LogP contribution is 2.43. The number of rotatable bonds is 58. The summed E-state index contributed by atoms with van der Waals surface area (Å²) in [5, 5.41) is 9.85. The molecule has 0 aromatic heterocycles. The van der Waals surface area contributed by atoms with Gasteiger partial charge in [0.15, 0.2) is 6.10 Å². The summed E-state index contributed by atoms with van der Waals surface area (Å²) in [5.74, 6) is -1.51. The van der Waals surface area contributed by atoms with E-state index in [1.54, 1.807) is 0 Å². The van der Waals surface area contributed by atoms with Crippen molar-refractivity contribution < 1.29 is 52.2 Å². The quantitative estimate of drug-likeness (QED) is 0.0197. The summed E-state index contributed by atoms with van der Waals surface area (Å²) >= 11 is 0. The van der Waals surface area contributed by atoms with Gasteiger partial charge in [0.1, 0.15) is 12.7 Å². The minimum absolute atomic E-state index is 0.134. The van der Waals surface area contributed by atoms with Crippen molar-refractivity contribution in [2.45, 2.75) is 277 Å². The van der Waals surface area contributed by atoms with Crippen LogP contribution in [0.5, 0.6) is 0 Å². The molecule has 0 rings (SSSR count). The van der Waals surface area contributed by atoms with Crippen LogP contribution in [-0.4, -0.2) is 66.5 Å². The number of aliphatic hydroxyl groups excluding tert-OH is 1. The fourth-order valence-corrected chi connectivity index (χ4v) is 9.18. The minimum Gasteiger partial charge on any atom is -0.462 e. The molecule has 12 heteroatoms. The van der Waals surface area contributed by atoms with Gasteiger partial charge >= 0.3 is 25.7 Å². The molecule has 0 amide bonds. The maximum Gasteiger partial charge on any atom is 0.472 e. The molecule has 3 atom stereocenters. The van der Waals surface area contributed by atoms with Crippen molar-refractivity contribution in [2.75, 3.05) is 26.4 Å². The van der Waals surface area contributed by atoms with Gasteiger partial charge in [-0.05, 0) is 122 Å². The smallest absolute Gasteiger partial charge is 0.462 e. The van der Waals surface area contributed by atoms with Gasteiger partial charge in [0, 0.05) is 19.3 Å². The monoisotopic (exact) mass is 1140 g/mol. The highest BCUT2D eigenvalue weighted by atomic mass is 31.2. The van der Waals surface area contributed by atoms with Gasteiger partial charge < -0.3 is 24.2 Å². The second kappa shape index (κ2) is 61.2. The van der Waals surface area contributed by atoms with Gasteiger partial charge in [-0.1, -0.05) is 233 Å². The van der Waals surface area contributed by atoms with Crippen molar-refractivity contribution in [3.05, 3.63) is 109 Å². The lowest BCUT2D eigenvalue weighted by Gasteiger charge is -2.21. The first-order chi connectivity index (χ1) is 39.2. The van der Waals surface area contributed by atoms with Crippen molar-refractivity contribution >= 4 is 25.7 Å². The number of aliphatic hydroxyl groups is 1. The molecule has 458 valence electrons. The van der Waals surface area contributed by atoms with E-state index in [1.165, 1.54) is 70.6 Å². The van der Waals surface area contributed by atoms with E-state index in [-0.39, 0.29) is 25.9 Å². The third-order valence-corrected chi connectivity index (χ3v) is 14.1. The summed E-state index contributed by atoms with van der Waals surface area (Å²) < 4.78 is 39.7. The molecule has 0 bridgehead atoms. The van der Waals surface area contributed by atoms with Gasteiger partial charge in [-0.3, -0.25) is 23.4 Å². The Bertz CT molecular complexity index is 1760. The van der Waals surface area contributed by atoms with E-state index in [0.29, 0.717) is 19.3 Å². The molecule has 0 saturated heterocycles. The molecule has 0 fully saturated rings. The lowest BCUT2D eigenvalue weighted by atomic mass is 10.1. The van der Waals surface area contributed by atoms with E-state index < -0.39 is 57.8 Å². The lowest BCUT2D eigenvalue weighted by Crippen LogP contribution is -2.30. The summed E-state index contributed by atoms with van der Waals surface area (Å²) in [6, 6.07) is 0. The van der Waals surface area contributed by atoms with Crippen molar-refractivity contribution in [1.82, 2.24) is 0 Å². The van der Waals surface area contributed by atoms with Crippen molar-refractivity contribution in [1.29, 1.82) is 0 Å². The summed E-state index contributed by atoms with van der Waals surface area (Å²) in [6.07, 6.45) is 74.6. The van der Waals surface area contributed by atoms with E-state index in [4.69, 9.17) is 23.3 Å². The molecule has 2 N–H and O–H groups in total. The predicted molar refractivity (Wildman–Crippen MR) is 334 cm³/mol. The molecule has 0 aromatic rings. The average molecular weight is 1140 g/mol. The van der Waals surface area contributed by atoms with Crippen LogP contribution in [0.1, 0.15) is 265 Å². The van der Waals surface area contributed by atoms with Crippen LogP contribution in [0.3, 0.4) is 0 Å². The summed E-state index contributed by atoms with van der Waals surface area (Å²) in [7, 11) is -4.77. The van der Waals surface area contributed by atoms with Crippen LogP contribution in [0.2, 0.25) is 0 Å². The zero-order valence-electron chi connectivity index (χ0n) is 50.8. The zero-order chi connectivity index (χ0) is 58.3. The van der Waals surface area contributed by atoms with Gasteiger partial charge in [-0.15, -0.1) is 0 Å². The number of hydrogen-bond donors (Lipinski definition) is 2. The van der Waals surface area contributed by atoms with E-state index in [0.717, 1.165) is 135 Å². The Morgan fingerprint density at radius 3 is 1.00 bits per heavy atom. The van der Waals surface area contributed by atoms with Gasteiger partial charge in [0.25, 0.3) is 0 Å². The molecule has 0 saturated carbocycles. The van der Waals surface area contributed by atoms with Crippen molar-refractivity contribution in [2.24, 2.45) is 0 Å². The molecule has 0 aliphatic rings. The van der Waals surface area contributed by atoms with Crippen molar-refractivity contribution in [3.8, 4) is 0 Å². The van der Waals surface area contributed by atoms with E-state index in [1.807, 2.05) is 0 Å². The summed E-state index contributed by atoms with van der Waals surface area (Å²) in [6.45, 7) is 4.37. The number of carbonyl (C=O) groups is 3. The molecule has 80 heavy (non-hydrogen) atoms. The van der Waals surface area contributed by atoms with E-state index in [9.17, 15) is 28.9 Å². The van der Waals surface area contributed by atoms with Crippen LogP contribution in [0.15, 0.2) is 109 Å². The average Bonchev–Trinajstić information content (AvgIpc) is 3.45. The maximum atomic E-state index is 13.0. The van der Waals surface area contributed by atoms with E-state index in [2.05, 4.69) is 130 Å². The highest BCUT2D eigenvalue weighted by Gasteiger charge is 2.28. The number of allylic oxidation sites excluding steroid dienone is 18. The number of hydrogen-bond acceptors (Lipinski definition) is 10. The summed E-state index contributed by atoms with van der Waals surface area (Å²) in [5.41, 5.74) is 0. The number of unbranched alkanes of at least 4 members (excludes halogenated alkanes) is 23. The second-order valence-corrected chi connectivity index (χ2v) is 22.3. The first-order valence-corrected chi connectivity index (χ1v) is 33.3. The maximum absolute atomic E-state index is 13.0. The Labute approximate surface area is 488 Å². The fraction of sp³-hybridized carbons (Fsp3) is 0.691. The predicted octanol–water partition coefficient (Wildman–Crippen LogP) is 19.4. The molecule has 3 unspecified atom stereocenters. The van der Waals surface area contributed by atoms with Gasteiger partial charge in [0.05, 0.1) is 19.8 Å². The molecule has 0 aliphatic heterocycles. The van der Waals surface area contributed by atoms with Crippen LogP contribution in [0.25, 0.3) is 0 Å². The highest BCUT2D eigenvalue weighted by molar-refractivity contribution is 7.47. The Morgan fingerprint density at radius 1 is 0.362 bits per heavy atom. The fourth-order valence-electron chi connectivity index (χ4n) is 8.39. The topological polar surface area (TPSA) is 155 Å². The van der Waals surface area contributed by atoms with Crippen LogP contribution >= 0.6 is 7.82 Å². The van der Waals surface area contributed by atoms with Gasteiger partial charge in [-0.25, -0.2) is 4.57 Å². The number of phosphoric acid groups is 1. The molecule has 0 aromatic carbocycles. The molecular weight excluding hydrogens is 1020 g/mol. The number of carbonyl (C=O) groups excluding carboxylic acids is 3. The van der Waals surface area contributed by atoms with Crippen LogP contribution < -0.4 is 0 Å². The van der Waals surface area contributed by atoms with Crippen molar-refractivity contribution in [3.63, 3.8) is 0 Å². The largest absolute Gasteiger partial charge is 0.472 e. The van der Waals surface area contributed by atoms with Gasteiger partial charge in [0.2, 0.25) is 0 Å². The van der Waals surface area contributed by atoms with Gasteiger partial charge in [-0.2, -0.15) is 0 Å². The Kier molecular flexibility index (Phi) is 58.3. The first-order valence-electron chi connectivity index (χ1n) is 31.8. The third kappa shape index (κ3) is 58.8. The Balaban J connectivity index is 4.75.